The number of methoxy groups -OCH3 is 2. The van der Waals surface area contributed by atoms with Gasteiger partial charge >= 0.3 is 5.97 Å². The number of aromatic nitrogens is 1. The van der Waals surface area contributed by atoms with Crippen LogP contribution < -0.4 is 24.4 Å². The second-order valence-electron chi connectivity index (χ2n) is 10.1. The van der Waals surface area contributed by atoms with E-state index in [9.17, 15) is 19.7 Å². The van der Waals surface area contributed by atoms with Gasteiger partial charge in [0.25, 0.3) is 11.2 Å². The van der Waals surface area contributed by atoms with Crippen LogP contribution in [0.15, 0.2) is 105 Å². The third-order valence-corrected chi connectivity index (χ3v) is 8.33. The maximum absolute atomic E-state index is 14.2. The van der Waals surface area contributed by atoms with Crippen molar-refractivity contribution in [1.82, 2.24) is 4.57 Å². The summed E-state index contributed by atoms with van der Waals surface area (Å²) in [5, 5.41) is 11.4. The molecule has 6 rings (SSSR count). The van der Waals surface area contributed by atoms with Gasteiger partial charge in [0.15, 0.2) is 4.80 Å². The number of benzene rings is 3. The van der Waals surface area contributed by atoms with Gasteiger partial charge in [-0.15, -0.1) is 0 Å². The number of ether oxygens (including phenoxy) is 3. The van der Waals surface area contributed by atoms with Crippen molar-refractivity contribution >= 4 is 34.8 Å². The number of carbonyl (C=O) groups is 1. The Morgan fingerprint density at radius 2 is 1.85 bits per heavy atom. The molecule has 3 aromatic carbocycles. The number of thiazole rings is 1. The maximum Gasteiger partial charge on any atom is 0.338 e. The quantitative estimate of drug-likeness (QED) is 0.123. The highest BCUT2D eigenvalue weighted by Crippen LogP contribution is 2.37. The number of hydrogen-bond acceptors (Lipinski definition) is 10. The zero-order valence-corrected chi connectivity index (χ0v) is 25.8. The van der Waals surface area contributed by atoms with Crippen LogP contribution in [-0.4, -0.2) is 36.3 Å². The minimum atomic E-state index is -0.871. The lowest BCUT2D eigenvalue weighted by Crippen LogP contribution is -2.40. The van der Waals surface area contributed by atoms with Gasteiger partial charge in [0.1, 0.15) is 23.0 Å². The summed E-state index contributed by atoms with van der Waals surface area (Å²) in [6, 6.07) is 23.1. The molecule has 0 bridgehead atoms. The second kappa shape index (κ2) is 12.7. The van der Waals surface area contributed by atoms with Gasteiger partial charge in [-0.3, -0.25) is 19.5 Å². The van der Waals surface area contributed by atoms with Crippen molar-refractivity contribution in [2.75, 3.05) is 20.8 Å². The second-order valence-corrected chi connectivity index (χ2v) is 11.1. The van der Waals surface area contributed by atoms with Crippen LogP contribution in [0.4, 0.5) is 5.69 Å². The van der Waals surface area contributed by atoms with Crippen molar-refractivity contribution in [3.05, 3.63) is 137 Å². The van der Waals surface area contributed by atoms with Crippen molar-refractivity contribution in [3.63, 3.8) is 0 Å². The summed E-state index contributed by atoms with van der Waals surface area (Å²) in [6.45, 7) is 1.85. The van der Waals surface area contributed by atoms with Gasteiger partial charge in [-0.1, -0.05) is 53.8 Å². The lowest BCUT2D eigenvalue weighted by atomic mass is 9.93. The van der Waals surface area contributed by atoms with Gasteiger partial charge in [-0.05, 0) is 42.8 Å². The fourth-order valence-electron chi connectivity index (χ4n) is 5.27. The lowest BCUT2D eigenvalue weighted by molar-refractivity contribution is -0.384. The van der Waals surface area contributed by atoms with Gasteiger partial charge in [0.05, 0.1) is 53.2 Å². The molecule has 0 N–H and O–H groups in total. The summed E-state index contributed by atoms with van der Waals surface area (Å²) in [4.78, 5) is 43.9. The third kappa shape index (κ3) is 5.61. The maximum atomic E-state index is 14.2. The largest absolute Gasteiger partial charge is 0.497 e. The summed E-state index contributed by atoms with van der Waals surface area (Å²) in [6.07, 6.45) is 1.58. The summed E-state index contributed by atoms with van der Waals surface area (Å²) in [5.41, 5.74) is 1.83. The number of rotatable bonds is 9. The van der Waals surface area contributed by atoms with Crippen LogP contribution in [0.5, 0.6) is 11.5 Å². The molecule has 0 spiro atoms. The van der Waals surface area contributed by atoms with Crippen molar-refractivity contribution in [2.24, 2.45) is 4.99 Å². The van der Waals surface area contributed by atoms with Gasteiger partial charge in [0, 0.05) is 23.8 Å². The first-order valence-corrected chi connectivity index (χ1v) is 15.0. The van der Waals surface area contributed by atoms with E-state index in [2.05, 4.69) is 0 Å². The Bertz CT molecular complexity index is 2180. The molecule has 1 atom stereocenters. The van der Waals surface area contributed by atoms with E-state index in [1.54, 1.807) is 50.4 Å². The van der Waals surface area contributed by atoms with Crippen LogP contribution in [0, 0.1) is 10.1 Å². The summed E-state index contributed by atoms with van der Waals surface area (Å²) in [5.74, 6) is 1.02. The molecule has 0 aliphatic carbocycles. The normalized spacial score (nSPS) is 14.4. The van der Waals surface area contributed by atoms with Crippen molar-refractivity contribution in [3.8, 4) is 22.8 Å². The molecule has 12 heteroatoms. The van der Waals surface area contributed by atoms with Gasteiger partial charge in [0.2, 0.25) is 0 Å². The Morgan fingerprint density at radius 3 is 2.57 bits per heavy atom. The Labute approximate surface area is 266 Å². The minimum Gasteiger partial charge on any atom is -0.497 e. The Hall–Kier alpha value is -5.75. The molecule has 0 radical (unpaired) electrons. The highest BCUT2D eigenvalue weighted by molar-refractivity contribution is 7.07. The van der Waals surface area contributed by atoms with Crippen LogP contribution >= 0.6 is 11.3 Å². The first-order valence-electron chi connectivity index (χ1n) is 14.2. The first kappa shape index (κ1) is 30.3. The van der Waals surface area contributed by atoms with E-state index in [-0.39, 0.29) is 17.9 Å². The zero-order chi connectivity index (χ0) is 32.4. The molecule has 3 heterocycles. The topological polar surface area (TPSA) is 135 Å². The molecule has 232 valence electrons. The first-order chi connectivity index (χ1) is 22.3. The van der Waals surface area contributed by atoms with E-state index < -0.39 is 22.5 Å². The van der Waals surface area contributed by atoms with Gasteiger partial charge < -0.3 is 18.6 Å². The van der Waals surface area contributed by atoms with E-state index in [0.29, 0.717) is 54.7 Å². The molecular formula is C34H27N3O8S. The van der Waals surface area contributed by atoms with Crippen molar-refractivity contribution in [2.45, 2.75) is 13.0 Å². The molecule has 5 aromatic rings. The standard InChI is InChI=1S/C34H27N3O8S/c1-4-44-33(39)29-30(20-9-6-5-7-10-20)35-34-36(31(29)21-11-8-12-23(17-21)42-2)32(38)28(46-34)19-24-14-16-27(45-24)25-18-22(37(40)41)13-15-26(25)43-3/h5-19,31H,4H2,1-3H3/b28-19-/t31-/m0/s1. The highest BCUT2D eigenvalue weighted by Gasteiger charge is 2.35. The Kier molecular flexibility index (Phi) is 8.36. The van der Waals surface area contributed by atoms with Gasteiger partial charge in [-0.2, -0.15) is 0 Å². The number of nitro benzene ring substituents is 1. The van der Waals surface area contributed by atoms with Crippen LogP contribution in [0.3, 0.4) is 0 Å². The Morgan fingerprint density at radius 1 is 1.04 bits per heavy atom. The lowest BCUT2D eigenvalue weighted by Gasteiger charge is -2.26. The molecule has 0 saturated heterocycles. The average Bonchev–Trinajstić information content (AvgIpc) is 3.67. The molecule has 46 heavy (non-hydrogen) atoms. The molecule has 0 saturated carbocycles. The fourth-order valence-corrected chi connectivity index (χ4v) is 6.25. The molecule has 1 aliphatic rings. The third-order valence-electron chi connectivity index (χ3n) is 7.34. The zero-order valence-electron chi connectivity index (χ0n) is 25.0. The number of furan rings is 1. The van der Waals surface area contributed by atoms with E-state index in [1.807, 2.05) is 36.4 Å². The smallest absolute Gasteiger partial charge is 0.338 e. The van der Waals surface area contributed by atoms with Gasteiger partial charge in [-0.25, -0.2) is 9.79 Å². The predicted octanol–water partition coefficient (Wildman–Crippen LogP) is 5.12. The average molecular weight is 638 g/mol. The van der Waals surface area contributed by atoms with E-state index in [0.717, 1.165) is 11.3 Å². The van der Waals surface area contributed by atoms with Crippen LogP contribution in [0.1, 0.15) is 29.9 Å². The van der Waals surface area contributed by atoms with Crippen LogP contribution in [-0.2, 0) is 9.53 Å². The monoisotopic (exact) mass is 637 g/mol. The summed E-state index contributed by atoms with van der Waals surface area (Å²) < 4.78 is 24.2. The number of fused-ring (bicyclic) bond motifs is 1. The predicted molar refractivity (Wildman–Crippen MR) is 171 cm³/mol. The molecule has 11 nitrogen and oxygen atoms in total. The summed E-state index contributed by atoms with van der Waals surface area (Å²) >= 11 is 1.15. The molecular weight excluding hydrogens is 610 g/mol. The number of esters is 1. The molecule has 1 aliphatic heterocycles. The number of hydrogen-bond donors (Lipinski definition) is 0. The highest BCUT2D eigenvalue weighted by atomic mass is 32.1. The van der Waals surface area contributed by atoms with E-state index >= 15 is 0 Å². The van der Waals surface area contributed by atoms with E-state index in [1.165, 1.54) is 29.9 Å². The van der Waals surface area contributed by atoms with Crippen molar-refractivity contribution in [1.29, 1.82) is 0 Å². The van der Waals surface area contributed by atoms with Crippen molar-refractivity contribution < 1.29 is 28.3 Å². The number of nitro groups is 1. The number of non-ortho nitro benzene ring substituents is 1. The molecule has 0 fully saturated rings. The molecule has 0 unspecified atom stereocenters. The van der Waals surface area contributed by atoms with Crippen LogP contribution in [0.25, 0.3) is 23.1 Å². The molecule has 2 aromatic heterocycles. The fraction of sp³-hybridized carbons (Fsp3) is 0.147. The van der Waals surface area contributed by atoms with E-state index in [4.69, 9.17) is 23.6 Å². The SMILES string of the molecule is CCOC(=O)C1=C(c2ccccc2)N=c2s/c(=C\c3ccc(-c4cc([N+](=O)[O-])ccc4OC)o3)c(=O)n2[C@H]1c1cccc(OC)c1. The summed E-state index contributed by atoms with van der Waals surface area (Å²) in [7, 11) is 3.01. The van der Waals surface area contributed by atoms with Crippen LogP contribution in [0.2, 0.25) is 0 Å². The molecule has 0 amide bonds. The number of nitrogens with zero attached hydrogens (tertiary/aromatic N) is 3. The number of carbonyl (C=O) groups excluding carboxylic acids is 1. The minimum absolute atomic E-state index is 0.119. The Balaban J connectivity index is 1.55.